The van der Waals surface area contributed by atoms with Crippen molar-refractivity contribution in [2.45, 2.75) is 32.9 Å². The van der Waals surface area contributed by atoms with Gasteiger partial charge in [-0.15, -0.1) is 0 Å². The van der Waals surface area contributed by atoms with E-state index in [1.165, 1.54) is 0 Å². The maximum Gasteiger partial charge on any atom is 0.333 e. The zero-order chi connectivity index (χ0) is 13.0. The van der Waals surface area contributed by atoms with Gasteiger partial charge in [-0.05, 0) is 26.3 Å². The summed E-state index contributed by atoms with van der Waals surface area (Å²) < 4.78 is 12.3. The smallest absolute Gasteiger partial charge is 0.333 e. The molecule has 18 heavy (non-hydrogen) atoms. The molecule has 0 N–H and O–H groups in total. The summed E-state index contributed by atoms with van der Waals surface area (Å²) >= 11 is 0. The quantitative estimate of drug-likeness (QED) is 0.589. The Bertz CT molecular complexity index is 447. The third-order valence-electron chi connectivity index (χ3n) is 2.90. The van der Waals surface area contributed by atoms with Gasteiger partial charge in [0.1, 0.15) is 0 Å². The van der Waals surface area contributed by atoms with E-state index in [-0.39, 0.29) is 12.1 Å². The van der Waals surface area contributed by atoms with Gasteiger partial charge in [-0.25, -0.2) is 9.78 Å². The van der Waals surface area contributed by atoms with Gasteiger partial charge in [0.05, 0.1) is 37.5 Å². The first kappa shape index (κ1) is 12.8. The monoisotopic (exact) mass is 250 g/mol. The highest BCUT2D eigenvalue weighted by atomic mass is 16.5. The number of esters is 1. The Morgan fingerprint density at radius 2 is 2.50 bits per heavy atom. The lowest BCUT2D eigenvalue weighted by Crippen LogP contribution is -2.31. The van der Waals surface area contributed by atoms with Crippen molar-refractivity contribution in [2.24, 2.45) is 0 Å². The van der Waals surface area contributed by atoms with Crippen molar-refractivity contribution in [2.75, 3.05) is 13.2 Å². The molecule has 1 aromatic heterocycles. The predicted molar refractivity (Wildman–Crippen MR) is 66.9 cm³/mol. The maximum atomic E-state index is 11.5. The number of hydrogen-bond donors (Lipinski definition) is 0. The Labute approximate surface area is 106 Å². The Morgan fingerprint density at radius 1 is 1.72 bits per heavy atom. The van der Waals surface area contributed by atoms with Gasteiger partial charge in [-0.1, -0.05) is 0 Å². The maximum absolute atomic E-state index is 11.5. The predicted octanol–water partition coefficient (Wildman–Crippen LogP) is 1.64. The molecule has 5 heteroatoms. The van der Waals surface area contributed by atoms with Crippen LogP contribution in [-0.4, -0.2) is 34.8 Å². The van der Waals surface area contributed by atoms with Crippen LogP contribution in [-0.2, 0) is 20.8 Å². The lowest BCUT2D eigenvalue weighted by atomic mass is 10.2. The fraction of sp³-hybridized carbons (Fsp3) is 0.538. The van der Waals surface area contributed by atoms with E-state index in [0.717, 1.165) is 25.3 Å². The summed E-state index contributed by atoms with van der Waals surface area (Å²) in [5.74, 6) is -0.287. The molecule has 98 valence electrons. The number of carbonyl (C=O) groups excluding carboxylic acids is 1. The summed E-state index contributed by atoms with van der Waals surface area (Å²) in [6, 6.07) is 0. The van der Waals surface area contributed by atoms with E-state index in [1.807, 2.05) is 4.57 Å². The van der Waals surface area contributed by atoms with Crippen molar-refractivity contribution in [3.8, 4) is 0 Å². The first-order valence-corrected chi connectivity index (χ1v) is 6.18. The minimum atomic E-state index is -0.287. The Kier molecular flexibility index (Phi) is 4.15. The summed E-state index contributed by atoms with van der Waals surface area (Å²) in [5, 5.41) is 0. The van der Waals surface area contributed by atoms with Crippen LogP contribution in [0.4, 0.5) is 0 Å². The fourth-order valence-corrected chi connectivity index (χ4v) is 1.78. The van der Waals surface area contributed by atoms with Crippen molar-refractivity contribution in [1.29, 1.82) is 0 Å². The van der Waals surface area contributed by atoms with E-state index in [2.05, 4.69) is 4.98 Å². The van der Waals surface area contributed by atoms with Crippen LogP contribution in [0.2, 0.25) is 0 Å². The van der Waals surface area contributed by atoms with Gasteiger partial charge in [0.15, 0.2) is 0 Å². The van der Waals surface area contributed by atoms with Gasteiger partial charge >= 0.3 is 5.97 Å². The van der Waals surface area contributed by atoms with Crippen LogP contribution < -0.4 is 0 Å². The zero-order valence-corrected chi connectivity index (χ0v) is 10.8. The molecule has 1 saturated heterocycles. The van der Waals surface area contributed by atoms with E-state index in [9.17, 15) is 4.79 Å². The molecule has 1 aliphatic heterocycles. The lowest BCUT2D eigenvalue weighted by Gasteiger charge is -2.27. The average molecular weight is 250 g/mol. The first-order valence-electron chi connectivity index (χ1n) is 6.18. The fourth-order valence-electron chi connectivity index (χ4n) is 1.78. The van der Waals surface area contributed by atoms with Crippen LogP contribution in [0.25, 0.3) is 6.08 Å². The molecule has 0 spiro atoms. The number of rotatable bonds is 5. The van der Waals surface area contributed by atoms with E-state index >= 15 is 0 Å². The summed E-state index contributed by atoms with van der Waals surface area (Å²) in [6.07, 6.45) is 6.64. The highest BCUT2D eigenvalue weighted by molar-refractivity contribution is 5.92. The number of ether oxygens (including phenoxy) is 2. The Morgan fingerprint density at radius 3 is 3.11 bits per heavy atom. The summed E-state index contributed by atoms with van der Waals surface area (Å²) in [7, 11) is 0. The average Bonchev–Trinajstić information content (AvgIpc) is 2.71. The molecule has 0 amide bonds. The molecule has 1 atom stereocenters. The van der Waals surface area contributed by atoms with Crippen molar-refractivity contribution in [3.05, 3.63) is 23.8 Å². The second-order valence-electron chi connectivity index (χ2n) is 4.30. The molecule has 1 aliphatic rings. The van der Waals surface area contributed by atoms with E-state index < -0.39 is 0 Å². The van der Waals surface area contributed by atoms with Gasteiger partial charge in [0.2, 0.25) is 0 Å². The summed E-state index contributed by atoms with van der Waals surface area (Å²) in [4.78, 5) is 15.6. The molecule has 1 fully saturated rings. The van der Waals surface area contributed by atoms with Crippen molar-refractivity contribution in [1.82, 2.24) is 9.55 Å². The molecule has 0 aromatic carbocycles. The molecule has 0 saturated carbocycles. The van der Waals surface area contributed by atoms with Gasteiger partial charge in [-0.2, -0.15) is 0 Å². The molecule has 0 aliphatic carbocycles. The number of aromatic nitrogens is 2. The van der Waals surface area contributed by atoms with E-state index in [4.69, 9.17) is 9.47 Å². The van der Waals surface area contributed by atoms with Gasteiger partial charge in [-0.3, -0.25) is 0 Å². The second-order valence-corrected chi connectivity index (χ2v) is 4.30. The number of carbonyl (C=O) groups is 1. The molecular weight excluding hydrogens is 232 g/mol. The van der Waals surface area contributed by atoms with Crippen molar-refractivity contribution < 1.29 is 14.3 Å². The Hall–Kier alpha value is -1.62. The van der Waals surface area contributed by atoms with Crippen LogP contribution in [0.5, 0.6) is 0 Å². The molecule has 5 nitrogen and oxygen atoms in total. The molecule has 1 aromatic rings. The second kappa shape index (κ2) is 5.82. The van der Waals surface area contributed by atoms with Gasteiger partial charge in [0.25, 0.3) is 0 Å². The van der Waals surface area contributed by atoms with Crippen LogP contribution >= 0.6 is 0 Å². The lowest BCUT2D eigenvalue weighted by molar-refractivity contribution is -0.138. The number of hydrogen-bond acceptors (Lipinski definition) is 4. The summed E-state index contributed by atoms with van der Waals surface area (Å²) in [5.41, 5.74) is 1.48. The van der Waals surface area contributed by atoms with E-state index in [0.29, 0.717) is 12.2 Å². The molecule has 2 heterocycles. The van der Waals surface area contributed by atoms with E-state index in [1.54, 1.807) is 32.4 Å². The van der Waals surface area contributed by atoms with Crippen molar-refractivity contribution >= 4 is 12.0 Å². The van der Waals surface area contributed by atoms with Crippen molar-refractivity contribution in [3.63, 3.8) is 0 Å². The van der Waals surface area contributed by atoms with Gasteiger partial charge < -0.3 is 14.0 Å². The third-order valence-corrected chi connectivity index (χ3v) is 2.90. The highest BCUT2D eigenvalue weighted by Gasteiger charge is 2.19. The third kappa shape index (κ3) is 2.98. The first-order chi connectivity index (χ1) is 8.70. The minimum absolute atomic E-state index is 0.272. The summed E-state index contributed by atoms with van der Waals surface area (Å²) in [6.45, 7) is 5.55. The normalized spacial score (nSPS) is 19.4. The SMILES string of the molecule is CCOC(=O)/C(C)=C/c1cncn1CC1CCO1. The number of nitrogens with zero attached hydrogens (tertiary/aromatic N) is 2. The number of imidazole rings is 1. The molecule has 2 rings (SSSR count). The van der Waals surface area contributed by atoms with Crippen LogP contribution in [0.15, 0.2) is 18.1 Å². The van der Waals surface area contributed by atoms with Crippen LogP contribution in [0.1, 0.15) is 26.0 Å². The molecule has 0 bridgehead atoms. The molecular formula is C13H18N2O3. The zero-order valence-electron chi connectivity index (χ0n) is 10.8. The van der Waals surface area contributed by atoms with Gasteiger partial charge in [0, 0.05) is 12.2 Å². The Balaban J connectivity index is 2.05. The minimum Gasteiger partial charge on any atom is -0.463 e. The van der Waals surface area contributed by atoms with Crippen LogP contribution in [0.3, 0.4) is 0 Å². The standard InChI is InChI=1S/C13H18N2O3/c1-3-17-13(16)10(2)6-11-7-14-9-15(11)8-12-4-5-18-12/h6-7,9,12H,3-5,8H2,1-2H3/b10-6+. The van der Waals surface area contributed by atoms with Crippen LogP contribution in [0, 0.1) is 0 Å². The topological polar surface area (TPSA) is 53.3 Å². The largest absolute Gasteiger partial charge is 0.463 e. The molecule has 0 radical (unpaired) electrons. The molecule has 1 unspecified atom stereocenters. The highest BCUT2D eigenvalue weighted by Crippen LogP contribution is 2.15.